The Bertz CT molecular complexity index is 3970. The maximum Gasteiger partial charge on any atom is 0.264 e. The largest absolute Gasteiger partial charge is 0.311 e. The van der Waals surface area contributed by atoms with E-state index < -0.39 is 5.41 Å². The van der Waals surface area contributed by atoms with Crippen molar-refractivity contribution in [3.05, 3.63) is 244 Å². The van der Waals surface area contributed by atoms with Crippen LogP contribution in [-0.4, -0.2) is 6.71 Å². The second-order valence-corrected chi connectivity index (χ2v) is 25.5. The van der Waals surface area contributed by atoms with Crippen LogP contribution in [0.3, 0.4) is 0 Å². The highest BCUT2D eigenvalue weighted by molar-refractivity contribution is 7.30. The highest BCUT2D eigenvalue weighted by atomic mass is 32.1. The summed E-state index contributed by atoms with van der Waals surface area (Å²) in [7, 11) is 0. The first-order valence-electron chi connectivity index (χ1n) is 27.4. The predicted octanol–water partition coefficient (Wildman–Crippen LogP) is 17.8. The van der Waals surface area contributed by atoms with Crippen LogP contribution >= 0.6 is 11.3 Å². The van der Waals surface area contributed by atoms with Gasteiger partial charge in [-0.3, -0.25) is 0 Å². The molecular weight excluding hydrogens is 936 g/mol. The first-order valence-corrected chi connectivity index (χ1v) is 28.2. The first-order chi connectivity index (χ1) is 36.6. The molecule has 10 aromatic rings. The molecule has 0 fully saturated rings. The molecule has 0 bridgehead atoms. The minimum Gasteiger partial charge on any atom is -0.311 e. The molecule has 2 aliphatic carbocycles. The van der Waals surface area contributed by atoms with E-state index in [0.29, 0.717) is 5.92 Å². The van der Waals surface area contributed by atoms with E-state index in [9.17, 15) is 0 Å². The highest BCUT2D eigenvalue weighted by Crippen LogP contribution is 2.67. The van der Waals surface area contributed by atoms with Gasteiger partial charge in [-0.25, -0.2) is 0 Å². The number of anilines is 6. The van der Waals surface area contributed by atoms with E-state index in [4.69, 9.17) is 0 Å². The average Bonchev–Trinajstić information content (AvgIpc) is 4.01. The summed E-state index contributed by atoms with van der Waals surface area (Å²) in [5.41, 5.74) is 30.5. The number of hydrogen-bond acceptors (Lipinski definition) is 3. The Morgan fingerprint density at radius 2 is 1.05 bits per heavy atom. The van der Waals surface area contributed by atoms with Crippen LogP contribution in [0.15, 0.2) is 194 Å². The van der Waals surface area contributed by atoms with Gasteiger partial charge in [0.1, 0.15) is 0 Å². The van der Waals surface area contributed by atoms with Gasteiger partial charge in [0.25, 0.3) is 6.71 Å². The molecule has 1 spiro atoms. The van der Waals surface area contributed by atoms with Gasteiger partial charge in [0, 0.05) is 43.7 Å². The Balaban J connectivity index is 1.11. The molecule has 4 heteroatoms. The van der Waals surface area contributed by atoms with Gasteiger partial charge in [0.15, 0.2) is 0 Å². The lowest BCUT2D eigenvalue weighted by Gasteiger charge is -2.44. The van der Waals surface area contributed by atoms with Gasteiger partial charge in [0.2, 0.25) is 0 Å². The molecular formula is C72H63BN2S. The van der Waals surface area contributed by atoms with Gasteiger partial charge in [0.05, 0.1) is 11.1 Å². The third-order valence-corrected chi connectivity index (χ3v) is 18.6. The van der Waals surface area contributed by atoms with E-state index in [-0.39, 0.29) is 17.5 Å². The lowest BCUT2D eigenvalue weighted by Crippen LogP contribution is -2.60. The van der Waals surface area contributed by atoms with E-state index in [1.54, 1.807) is 0 Å². The van der Waals surface area contributed by atoms with Crippen LogP contribution in [0.1, 0.15) is 111 Å². The minimum atomic E-state index is -0.502. The van der Waals surface area contributed by atoms with Crippen molar-refractivity contribution in [2.24, 2.45) is 0 Å². The SMILES string of the molecule is Cc1ccc(-c2ccccc2)c(-c2ccc3c(c2)N(c2ccc(C(C)C)cc2)c2cc(C)cc4c2B3c2sc3c(c2N4c2ccc(C(C)(C)C)cc2)-c2ccc(C(C)(C)C)cc2C32c3ccccc3-c3ccccc32)c1. The van der Waals surface area contributed by atoms with Crippen LogP contribution in [0.25, 0.3) is 44.5 Å². The van der Waals surface area contributed by atoms with Crippen molar-refractivity contribution in [3.8, 4) is 44.5 Å². The number of nitrogens with zero attached hydrogens (tertiary/aromatic N) is 2. The number of rotatable bonds is 5. The third-order valence-electron chi connectivity index (χ3n) is 17.3. The van der Waals surface area contributed by atoms with Crippen molar-refractivity contribution >= 4 is 67.9 Å². The fourth-order valence-electron chi connectivity index (χ4n) is 13.5. The molecule has 0 unspecified atom stereocenters. The smallest absolute Gasteiger partial charge is 0.264 e. The highest BCUT2D eigenvalue weighted by Gasteiger charge is 2.57. The van der Waals surface area contributed by atoms with Crippen molar-refractivity contribution in [2.75, 3.05) is 9.80 Å². The molecule has 2 nitrogen and oxygen atoms in total. The Morgan fingerprint density at radius 1 is 0.461 bits per heavy atom. The quantitative estimate of drug-likeness (QED) is 0.159. The van der Waals surface area contributed by atoms with E-state index in [1.807, 2.05) is 0 Å². The summed E-state index contributed by atoms with van der Waals surface area (Å²) in [6.45, 7) is 23.1. The number of fused-ring (bicyclic) bond motifs is 15. The molecule has 0 radical (unpaired) electrons. The zero-order valence-electron chi connectivity index (χ0n) is 45.4. The third kappa shape index (κ3) is 6.72. The molecule has 370 valence electrons. The van der Waals surface area contributed by atoms with Crippen LogP contribution in [-0.2, 0) is 16.2 Å². The predicted molar refractivity (Wildman–Crippen MR) is 326 cm³/mol. The first kappa shape index (κ1) is 46.8. The number of benzene rings is 9. The molecule has 0 saturated carbocycles. The Hall–Kier alpha value is -7.66. The Morgan fingerprint density at radius 3 is 1.71 bits per heavy atom. The topological polar surface area (TPSA) is 6.48 Å². The van der Waals surface area contributed by atoms with Crippen LogP contribution in [0.2, 0.25) is 0 Å². The number of aryl methyl sites for hydroxylation is 2. The average molecular weight is 999 g/mol. The summed E-state index contributed by atoms with van der Waals surface area (Å²) in [6.07, 6.45) is 0. The standard InChI is InChI=1S/C72H63BN2S/c1-43(2)46-25-31-51(32-26-46)74-62-41-48(57-38-44(3)24-35-53(57)47-18-12-11-13-19-47)27-37-61(62)73-66-63(74)39-45(4)40-64(66)75(52-33-28-49(29-34-52)70(5,6)7)67-65-56-36-30-50(71(8,9)10)42-60(56)72(68(65)76-69(67)73)58-22-16-14-20-54(58)55-21-15-17-23-59(55)72/h11-43H,1-10H3. The van der Waals surface area contributed by atoms with Gasteiger partial charge in [-0.05, 0) is 162 Å². The second-order valence-electron chi connectivity index (χ2n) is 24.4. The van der Waals surface area contributed by atoms with Crippen LogP contribution < -0.4 is 25.5 Å². The molecule has 4 aliphatic rings. The summed E-state index contributed by atoms with van der Waals surface area (Å²) < 4.78 is 1.40. The molecule has 76 heavy (non-hydrogen) atoms. The Kier molecular flexibility index (Phi) is 10.3. The normalized spacial score (nSPS) is 14.3. The zero-order valence-corrected chi connectivity index (χ0v) is 46.2. The van der Waals surface area contributed by atoms with Crippen LogP contribution in [0, 0.1) is 13.8 Å². The molecule has 14 rings (SSSR count). The molecule has 9 aromatic carbocycles. The van der Waals surface area contributed by atoms with E-state index in [2.05, 4.69) is 284 Å². The van der Waals surface area contributed by atoms with Gasteiger partial charge >= 0.3 is 0 Å². The zero-order chi connectivity index (χ0) is 52.2. The van der Waals surface area contributed by atoms with E-state index in [1.165, 1.54) is 144 Å². The van der Waals surface area contributed by atoms with Crippen molar-refractivity contribution < 1.29 is 0 Å². The van der Waals surface area contributed by atoms with Crippen LogP contribution in [0.4, 0.5) is 34.1 Å². The molecule has 2 aliphatic heterocycles. The van der Waals surface area contributed by atoms with Gasteiger partial charge in [-0.2, -0.15) is 0 Å². The fraction of sp³-hybridized carbons (Fsp3) is 0.194. The summed E-state index contributed by atoms with van der Waals surface area (Å²) in [4.78, 5) is 6.71. The Labute approximate surface area is 454 Å². The van der Waals surface area contributed by atoms with Crippen molar-refractivity contribution in [1.29, 1.82) is 0 Å². The van der Waals surface area contributed by atoms with Gasteiger partial charge < -0.3 is 9.80 Å². The second kappa shape index (κ2) is 16.7. The monoisotopic (exact) mass is 998 g/mol. The maximum atomic E-state index is 2.69. The van der Waals surface area contributed by atoms with Crippen molar-refractivity contribution in [3.63, 3.8) is 0 Å². The fourth-order valence-corrected chi connectivity index (χ4v) is 15.2. The maximum absolute atomic E-state index is 2.69. The van der Waals surface area contributed by atoms with Gasteiger partial charge in [-0.1, -0.05) is 213 Å². The minimum absolute atomic E-state index is 0.0106. The van der Waals surface area contributed by atoms with E-state index in [0.717, 1.165) is 0 Å². The molecule has 0 saturated heterocycles. The molecule has 0 atom stereocenters. The summed E-state index contributed by atoms with van der Waals surface area (Å²) >= 11 is 2.07. The summed E-state index contributed by atoms with van der Waals surface area (Å²) in [5, 5.41) is 0. The van der Waals surface area contributed by atoms with Gasteiger partial charge in [-0.15, -0.1) is 11.3 Å². The van der Waals surface area contributed by atoms with Crippen molar-refractivity contribution in [2.45, 2.75) is 91.4 Å². The summed E-state index contributed by atoms with van der Waals surface area (Å²) in [6, 6.07) is 75.3. The molecule has 0 amide bonds. The lowest BCUT2D eigenvalue weighted by molar-refractivity contribution is 0.588. The number of hydrogen-bond donors (Lipinski definition) is 0. The van der Waals surface area contributed by atoms with Crippen LogP contribution in [0.5, 0.6) is 0 Å². The lowest BCUT2D eigenvalue weighted by atomic mass is 9.36. The summed E-state index contributed by atoms with van der Waals surface area (Å²) in [5.74, 6) is 0.424. The molecule has 0 N–H and O–H groups in total. The molecule has 1 aromatic heterocycles. The van der Waals surface area contributed by atoms with E-state index >= 15 is 0 Å². The number of thiophene rings is 1. The van der Waals surface area contributed by atoms with Crippen molar-refractivity contribution in [1.82, 2.24) is 0 Å². The molecule has 3 heterocycles.